The Morgan fingerprint density at radius 1 is 0.897 bits per heavy atom. The number of nitrogens with one attached hydrogen (secondary N) is 2. The maximum Gasteiger partial charge on any atom is 0.204 e. The second kappa shape index (κ2) is 10.4. The van der Waals surface area contributed by atoms with Gasteiger partial charge in [-0.1, -0.05) is 36.4 Å². The van der Waals surface area contributed by atoms with Gasteiger partial charge >= 0.3 is 0 Å². The molecule has 0 aliphatic heterocycles. The fourth-order valence-electron chi connectivity index (χ4n) is 4.73. The molecule has 0 bridgehead atoms. The lowest BCUT2D eigenvalue weighted by Crippen LogP contribution is -2.09. The number of rotatable bonds is 9. The van der Waals surface area contributed by atoms with E-state index in [0.29, 0.717) is 30.3 Å². The van der Waals surface area contributed by atoms with Gasteiger partial charge in [0.2, 0.25) is 5.82 Å². The molecule has 0 spiro atoms. The van der Waals surface area contributed by atoms with Crippen LogP contribution in [0.3, 0.4) is 0 Å². The summed E-state index contributed by atoms with van der Waals surface area (Å²) in [5.41, 5.74) is 4.90. The zero-order chi connectivity index (χ0) is 26.8. The lowest BCUT2D eigenvalue weighted by Gasteiger charge is -2.12. The number of methoxy groups -OCH3 is 2. The summed E-state index contributed by atoms with van der Waals surface area (Å²) >= 11 is 0. The Morgan fingerprint density at radius 2 is 1.74 bits per heavy atom. The Kier molecular flexibility index (Phi) is 6.50. The molecule has 10 heteroatoms. The Balaban J connectivity index is 1.37. The molecule has 0 amide bonds. The molecule has 0 unspecified atom stereocenters. The molecule has 2 N–H and O–H groups in total. The van der Waals surface area contributed by atoms with Crippen molar-refractivity contribution in [3.8, 4) is 22.9 Å². The Hall–Kier alpha value is -4.99. The molecule has 3 aromatic heterocycles. The summed E-state index contributed by atoms with van der Waals surface area (Å²) in [5.74, 6) is 3.51. The van der Waals surface area contributed by atoms with Crippen LogP contribution in [0, 0.1) is 0 Å². The first-order chi connectivity index (χ1) is 19.1. The van der Waals surface area contributed by atoms with Crippen LogP contribution in [0.4, 0.5) is 5.82 Å². The topological polar surface area (TPSA) is 116 Å². The molecule has 10 nitrogen and oxygen atoms in total. The number of hydrogen-bond donors (Lipinski definition) is 2. The van der Waals surface area contributed by atoms with Crippen molar-refractivity contribution < 1.29 is 9.47 Å². The largest absolute Gasteiger partial charge is 0.493 e. The lowest BCUT2D eigenvalue weighted by molar-refractivity contribution is 0.354. The van der Waals surface area contributed by atoms with Gasteiger partial charge in [0.05, 0.1) is 26.7 Å². The van der Waals surface area contributed by atoms with E-state index in [4.69, 9.17) is 19.4 Å². The number of fused-ring (bicyclic) bond motifs is 3. The predicted octanol–water partition coefficient (Wildman–Crippen LogP) is 4.56. The molecular weight excluding hydrogens is 492 g/mol. The highest BCUT2D eigenvalue weighted by molar-refractivity contribution is 6.12. The summed E-state index contributed by atoms with van der Waals surface area (Å²) in [4.78, 5) is 14.8. The van der Waals surface area contributed by atoms with Gasteiger partial charge in [0, 0.05) is 29.4 Å². The minimum absolute atomic E-state index is 0.568. The van der Waals surface area contributed by atoms with Crippen LogP contribution in [-0.2, 0) is 19.9 Å². The van der Waals surface area contributed by atoms with Gasteiger partial charge in [0.1, 0.15) is 17.3 Å². The van der Waals surface area contributed by atoms with Crippen LogP contribution in [0.2, 0.25) is 0 Å². The Morgan fingerprint density at radius 3 is 2.51 bits per heavy atom. The molecule has 39 heavy (non-hydrogen) atoms. The van der Waals surface area contributed by atoms with Crippen LogP contribution in [-0.4, -0.2) is 55.9 Å². The van der Waals surface area contributed by atoms with Gasteiger partial charge in [0.15, 0.2) is 11.5 Å². The first-order valence-corrected chi connectivity index (χ1v) is 12.7. The molecule has 0 saturated heterocycles. The van der Waals surface area contributed by atoms with E-state index in [1.54, 1.807) is 21.3 Å². The van der Waals surface area contributed by atoms with Crippen molar-refractivity contribution in [1.82, 2.24) is 35.2 Å². The van der Waals surface area contributed by atoms with E-state index < -0.39 is 0 Å². The van der Waals surface area contributed by atoms with Gasteiger partial charge in [-0.15, -0.1) is 10.2 Å². The summed E-state index contributed by atoms with van der Waals surface area (Å²) in [5, 5.41) is 18.0. The smallest absolute Gasteiger partial charge is 0.204 e. The number of aromatic nitrogens is 7. The Labute approximate surface area is 225 Å². The van der Waals surface area contributed by atoms with Crippen molar-refractivity contribution in [3.05, 3.63) is 83.7 Å². The van der Waals surface area contributed by atoms with Crippen molar-refractivity contribution in [2.45, 2.75) is 12.8 Å². The van der Waals surface area contributed by atoms with E-state index in [-0.39, 0.29) is 0 Å². The quantitative estimate of drug-likeness (QED) is 0.285. The maximum absolute atomic E-state index is 5.47. The standard InChI is InChI=1S/C29H28N8O2/c1-37-35-27(34-36-37)20-10-11-22-21(17-20)26-28(30-14-13-19-9-12-23(38-2)24(15-19)39-3)32-25(33-29(26)31-22)16-18-7-5-4-6-8-18/h4-12,15,17H,13-14,16H2,1-3H3,(H2,30,31,32,33). The zero-order valence-corrected chi connectivity index (χ0v) is 22.0. The number of nitrogens with zero attached hydrogens (tertiary/aromatic N) is 6. The van der Waals surface area contributed by atoms with E-state index >= 15 is 0 Å². The highest BCUT2D eigenvalue weighted by atomic mass is 16.5. The third-order valence-corrected chi connectivity index (χ3v) is 6.62. The number of ether oxygens (including phenoxy) is 2. The molecule has 0 radical (unpaired) electrons. The van der Waals surface area contributed by atoms with Crippen LogP contribution in [0.1, 0.15) is 17.0 Å². The van der Waals surface area contributed by atoms with Crippen molar-refractivity contribution in [3.63, 3.8) is 0 Å². The number of aryl methyl sites for hydroxylation is 1. The summed E-state index contributed by atoms with van der Waals surface area (Å²) in [6, 6.07) is 22.3. The average Bonchev–Trinajstić information content (AvgIpc) is 3.56. The monoisotopic (exact) mass is 520 g/mol. The number of anilines is 1. The van der Waals surface area contributed by atoms with Crippen LogP contribution in [0.15, 0.2) is 66.7 Å². The second-order valence-corrected chi connectivity index (χ2v) is 9.23. The molecule has 0 atom stereocenters. The molecule has 3 aromatic carbocycles. The molecule has 196 valence electrons. The molecule has 0 fully saturated rings. The molecule has 6 aromatic rings. The highest BCUT2D eigenvalue weighted by Crippen LogP contribution is 2.33. The van der Waals surface area contributed by atoms with E-state index in [1.807, 2.05) is 48.5 Å². The maximum atomic E-state index is 5.47. The predicted molar refractivity (Wildman–Crippen MR) is 150 cm³/mol. The fourth-order valence-corrected chi connectivity index (χ4v) is 4.73. The highest BCUT2D eigenvalue weighted by Gasteiger charge is 2.16. The van der Waals surface area contributed by atoms with Crippen LogP contribution >= 0.6 is 0 Å². The number of tetrazole rings is 1. The van der Waals surface area contributed by atoms with Gasteiger partial charge in [0.25, 0.3) is 0 Å². The molecule has 6 rings (SSSR count). The van der Waals surface area contributed by atoms with Crippen molar-refractivity contribution >= 4 is 27.8 Å². The minimum Gasteiger partial charge on any atom is -0.493 e. The third kappa shape index (κ3) is 4.96. The summed E-state index contributed by atoms with van der Waals surface area (Å²) in [6.45, 7) is 0.671. The van der Waals surface area contributed by atoms with Crippen molar-refractivity contribution in [2.24, 2.45) is 7.05 Å². The zero-order valence-electron chi connectivity index (χ0n) is 22.0. The lowest BCUT2D eigenvalue weighted by atomic mass is 10.1. The minimum atomic E-state index is 0.568. The van der Waals surface area contributed by atoms with Gasteiger partial charge in [-0.2, -0.15) is 4.80 Å². The summed E-state index contributed by atoms with van der Waals surface area (Å²) < 4.78 is 10.8. The van der Waals surface area contributed by atoms with Crippen LogP contribution in [0.5, 0.6) is 11.5 Å². The molecule has 0 aliphatic rings. The fraction of sp³-hybridized carbons (Fsp3) is 0.207. The SMILES string of the molecule is COc1ccc(CCNc2nc(Cc3ccccc3)nc3[nH]c4ccc(-c5nnn(C)n5)cc4c23)cc1OC. The van der Waals surface area contributed by atoms with Crippen LogP contribution < -0.4 is 14.8 Å². The van der Waals surface area contributed by atoms with E-state index in [0.717, 1.165) is 56.7 Å². The van der Waals surface area contributed by atoms with Crippen molar-refractivity contribution in [2.75, 3.05) is 26.1 Å². The molecule has 0 saturated carbocycles. The second-order valence-electron chi connectivity index (χ2n) is 9.23. The Bertz CT molecular complexity index is 1760. The molecule has 0 aliphatic carbocycles. The van der Waals surface area contributed by atoms with Crippen LogP contribution in [0.25, 0.3) is 33.3 Å². The normalized spacial score (nSPS) is 11.3. The van der Waals surface area contributed by atoms with Gasteiger partial charge < -0.3 is 19.8 Å². The van der Waals surface area contributed by atoms with Gasteiger partial charge in [-0.25, -0.2) is 9.97 Å². The van der Waals surface area contributed by atoms with E-state index in [2.05, 4.69) is 43.9 Å². The average molecular weight is 521 g/mol. The number of H-pyrrole nitrogens is 1. The first-order valence-electron chi connectivity index (χ1n) is 12.7. The number of hydrogen-bond acceptors (Lipinski definition) is 8. The third-order valence-electron chi connectivity index (χ3n) is 6.62. The number of aromatic amines is 1. The van der Waals surface area contributed by atoms with Gasteiger partial charge in [-0.05, 0) is 53.1 Å². The first kappa shape index (κ1) is 24.4. The molecule has 3 heterocycles. The molecular formula is C29H28N8O2. The van der Waals surface area contributed by atoms with Gasteiger partial charge in [-0.3, -0.25) is 0 Å². The van der Waals surface area contributed by atoms with Crippen molar-refractivity contribution in [1.29, 1.82) is 0 Å². The summed E-state index contributed by atoms with van der Waals surface area (Å²) in [7, 11) is 5.04. The summed E-state index contributed by atoms with van der Waals surface area (Å²) in [6.07, 6.45) is 1.41. The van der Waals surface area contributed by atoms with E-state index in [9.17, 15) is 0 Å². The van der Waals surface area contributed by atoms with E-state index in [1.165, 1.54) is 4.80 Å². The number of benzene rings is 3.